The molecule has 1 aliphatic rings. The smallest absolute Gasteiger partial charge is 0.230 e. The van der Waals surface area contributed by atoms with E-state index in [0.717, 1.165) is 36.1 Å². The van der Waals surface area contributed by atoms with E-state index in [-0.39, 0.29) is 11.3 Å². The van der Waals surface area contributed by atoms with Crippen LogP contribution in [-0.4, -0.2) is 32.5 Å². The number of amides is 1. The Hall–Kier alpha value is -2.02. The van der Waals surface area contributed by atoms with Crippen molar-refractivity contribution in [2.24, 2.45) is 0 Å². The number of thioether (sulfide) groups is 1. The van der Waals surface area contributed by atoms with Gasteiger partial charge in [0.1, 0.15) is 12.4 Å². The van der Waals surface area contributed by atoms with Crippen LogP contribution in [0.1, 0.15) is 51.9 Å². The van der Waals surface area contributed by atoms with Crippen LogP contribution in [0.25, 0.3) is 0 Å². The fraction of sp³-hybridized carbons (Fsp3) is 0.550. The Kier molecular flexibility index (Phi) is 6.09. The molecule has 1 aromatic carbocycles. The van der Waals surface area contributed by atoms with Crippen molar-refractivity contribution in [3.63, 3.8) is 0 Å². The van der Waals surface area contributed by atoms with E-state index in [2.05, 4.69) is 48.4 Å². The monoisotopic (exact) mass is 388 g/mol. The maximum atomic E-state index is 11.9. The lowest BCUT2D eigenvalue weighted by Crippen LogP contribution is -2.27. The Balaban J connectivity index is 1.56. The van der Waals surface area contributed by atoms with Crippen LogP contribution in [0.4, 0.5) is 0 Å². The maximum Gasteiger partial charge on any atom is 0.230 e. The van der Waals surface area contributed by atoms with Gasteiger partial charge in [0.2, 0.25) is 5.91 Å². The third kappa shape index (κ3) is 5.48. The Bertz CT molecular complexity index is 776. The molecule has 7 heteroatoms. The predicted octanol–water partition coefficient (Wildman–Crippen LogP) is 3.55. The highest BCUT2D eigenvalue weighted by Gasteiger charge is 2.23. The number of aromatic nitrogens is 3. The second kappa shape index (κ2) is 8.33. The Morgan fingerprint density at radius 3 is 2.56 bits per heavy atom. The minimum absolute atomic E-state index is 0.0601. The van der Waals surface area contributed by atoms with E-state index in [0.29, 0.717) is 18.4 Å². The normalized spacial score (nSPS) is 14.2. The molecule has 1 fully saturated rings. The van der Waals surface area contributed by atoms with Crippen molar-refractivity contribution >= 4 is 17.7 Å². The molecule has 1 saturated carbocycles. The van der Waals surface area contributed by atoms with Crippen LogP contribution in [0.2, 0.25) is 0 Å². The van der Waals surface area contributed by atoms with Crippen molar-refractivity contribution in [1.82, 2.24) is 20.1 Å². The van der Waals surface area contributed by atoms with Crippen LogP contribution in [-0.2, 0) is 23.4 Å². The van der Waals surface area contributed by atoms with Gasteiger partial charge in [-0.25, -0.2) is 0 Å². The SMILES string of the molecule is CCn1c(COc2ccc(C(C)(C)C)cc2)nnc1SCC(=O)NC1CC1. The van der Waals surface area contributed by atoms with Gasteiger partial charge in [0, 0.05) is 12.6 Å². The van der Waals surface area contributed by atoms with Crippen LogP contribution in [0, 0.1) is 0 Å². The summed E-state index contributed by atoms with van der Waals surface area (Å²) in [7, 11) is 0. The minimum atomic E-state index is 0.0601. The van der Waals surface area contributed by atoms with Gasteiger partial charge in [-0.2, -0.15) is 0 Å². The summed E-state index contributed by atoms with van der Waals surface area (Å²) in [6.45, 7) is 9.70. The number of hydrogen-bond acceptors (Lipinski definition) is 5. The highest BCUT2D eigenvalue weighted by Crippen LogP contribution is 2.25. The van der Waals surface area contributed by atoms with Crippen LogP contribution in [0.3, 0.4) is 0 Å². The molecule has 1 amide bonds. The Morgan fingerprint density at radius 2 is 1.96 bits per heavy atom. The number of rotatable bonds is 8. The number of carbonyl (C=O) groups excluding carboxylic acids is 1. The second-order valence-corrected chi connectivity index (χ2v) is 8.78. The molecular weight excluding hydrogens is 360 g/mol. The number of hydrogen-bond donors (Lipinski definition) is 1. The summed E-state index contributed by atoms with van der Waals surface area (Å²) in [4.78, 5) is 11.9. The zero-order valence-corrected chi connectivity index (χ0v) is 17.3. The third-order valence-electron chi connectivity index (χ3n) is 4.47. The van der Waals surface area contributed by atoms with Gasteiger partial charge in [-0.15, -0.1) is 10.2 Å². The number of ether oxygens (including phenoxy) is 1. The number of nitrogens with one attached hydrogen (secondary N) is 1. The standard InChI is InChI=1S/C20H28N4O2S/c1-5-24-17(12-26-16-10-6-14(7-11-16)20(2,3)4)22-23-19(24)27-13-18(25)21-15-8-9-15/h6-7,10-11,15H,5,8-9,12-13H2,1-4H3,(H,21,25). The minimum Gasteiger partial charge on any atom is -0.486 e. The highest BCUT2D eigenvalue weighted by molar-refractivity contribution is 7.99. The second-order valence-electron chi connectivity index (χ2n) is 7.84. The topological polar surface area (TPSA) is 69.0 Å². The summed E-state index contributed by atoms with van der Waals surface area (Å²) in [5.41, 5.74) is 1.40. The summed E-state index contributed by atoms with van der Waals surface area (Å²) in [5.74, 6) is 2.00. The highest BCUT2D eigenvalue weighted by atomic mass is 32.2. The van der Waals surface area contributed by atoms with Crippen LogP contribution >= 0.6 is 11.8 Å². The Labute approximate surface area is 165 Å². The fourth-order valence-corrected chi connectivity index (χ4v) is 3.51. The molecule has 0 unspecified atom stereocenters. The lowest BCUT2D eigenvalue weighted by molar-refractivity contribution is -0.118. The van der Waals surface area contributed by atoms with Gasteiger partial charge in [0.25, 0.3) is 0 Å². The van der Waals surface area contributed by atoms with Crippen molar-refractivity contribution in [2.45, 2.75) is 70.3 Å². The van der Waals surface area contributed by atoms with Gasteiger partial charge >= 0.3 is 0 Å². The zero-order valence-electron chi connectivity index (χ0n) is 16.5. The van der Waals surface area contributed by atoms with E-state index in [4.69, 9.17) is 4.74 Å². The largest absolute Gasteiger partial charge is 0.486 e. The first-order valence-electron chi connectivity index (χ1n) is 9.44. The molecule has 0 aliphatic heterocycles. The van der Waals surface area contributed by atoms with Gasteiger partial charge in [0.05, 0.1) is 5.75 Å². The molecule has 0 saturated heterocycles. The van der Waals surface area contributed by atoms with E-state index in [1.165, 1.54) is 17.3 Å². The molecule has 3 rings (SSSR count). The van der Waals surface area contributed by atoms with Gasteiger partial charge in [-0.05, 0) is 42.9 Å². The first-order chi connectivity index (χ1) is 12.9. The van der Waals surface area contributed by atoms with Crippen molar-refractivity contribution in [1.29, 1.82) is 0 Å². The average Bonchev–Trinajstić information content (AvgIpc) is 3.35. The van der Waals surface area contributed by atoms with Gasteiger partial charge < -0.3 is 14.6 Å². The first kappa shape index (κ1) is 19.7. The van der Waals surface area contributed by atoms with Crippen LogP contribution < -0.4 is 10.1 Å². The summed E-state index contributed by atoms with van der Waals surface area (Å²) in [6.07, 6.45) is 2.19. The molecule has 1 aromatic heterocycles. The number of benzene rings is 1. The molecule has 2 aromatic rings. The number of carbonyl (C=O) groups is 1. The lowest BCUT2D eigenvalue weighted by Gasteiger charge is -2.19. The Morgan fingerprint density at radius 1 is 1.26 bits per heavy atom. The molecule has 0 radical (unpaired) electrons. The molecule has 1 N–H and O–H groups in total. The van der Waals surface area contributed by atoms with Crippen molar-refractivity contribution < 1.29 is 9.53 Å². The number of nitrogens with zero attached hydrogens (tertiary/aromatic N) is 3. The van der Waals surface area contributed by atoms with E-state index in [9.17, 15) is 4.79 Å². The van der Waals surface area contributed by atoms with E-state index in [1.54, 1.807) is 0 Å². The van der Waals surface area contributed by atoms with Crippen molar-refractivity contribution in [3.8, 4) is 5.75 Å². The van der Waals surface area contributed by atoms with Crippen molar-refractivity contribution in [3.05, 3.63) is 35.7 Å². The maximum absolute atomic E-state index is 11.9. The van der Waals surface area contributed by atoms with Crippen LogP contribution in [0.15, 0.2) is 29.4 Å². The van der Waals surface area contributed by atoms with Gasteiger partial charge in [-0.1, -0.05) is 44.7 Å². The molecule has 1 heterocycles. The molecule has 146 valence electrons. The van der Waals surface area contributed by atoms with E-state index >= 15 is 0 Å². The quantitative estimate of drug-likeness (QED) is 0.701. The summed E-state index contributed by atoms with van der Waals surface area (Å²) < 4.78 is 7.89. The molecule has 1 aliphatic carbocycles. The molecule has 0 bridgehead atoms. The lowest BCUT2D eigenvalue weighted by atomic mass is 9.87. The molecule has 27 heavy (non-hydrogen) atoms. The molecule has 6 nitrogen and oxygen atoms in total. The van der Waals surface area contributed by atoms with Crippen molar-refractivity contribution in [2.75, 3.05) is 5.75 Å². The molecular formula is C20H28N4O2S. The summed E-state index contributed by atoms with van der Waals surface area (Å²) >= 11 is 1.42. The van der Waals surface area contributed by atoms with Gasteiger partial charge in [-0.3, -0.25) is 4.79 Å². The van der Waals surface area contributed by atoms with Gasteiger partial charge in [0.15, 0.2) is 11.0 Å². The summed E-state index contributed by atoms with van der Waals surface area (Å²) in [6, 6.07) is 8.56. The third-order valence-corrected chi connectivity index (χ3v) is 5.44. The van der Waals surface area contributed by atoms with E-state index in [1.807, 2.05) is 23.6 Å². The van der Waals surface area contributed by atoms with E-state index < -0.39 is 0 Å². The molecule has 0 spiro atoms. The fourth-order valence-electron chi connectivity index (χ4n) is 2.68. The summed E-state index contributed by atoms with van der Waals surface area (Å²) in [5, 5.41) is 12.2. The van der Waals surface area contributed by atoms with Crippen LogP contribution in [0.5, 0.6) is 5.75 Å². The molecule has 0 atom stereocenters. The first-order valence-corrected chi connectivity index (χ1v) is 10.4. The zero-order chi connectivity index (χ0) is 19.4. The average molecular weight is 389 g/mol. The predicted molar refractivity (Wildman–Crippen MR) is 107 cm³/mol.